The summed E-state index contributed by atoms with van der Waals surface area (Å²) in [7, 11) is 0. The van der Waals surface area contributed by atoms with E-state index < -0.39 is 0 Å². The van der Waals surface area contributed by atoms with Gasteiger partial charge < -0.3 is 5.73 Å². The molecule has 12 heavy (non-hydrogen) atoms. The summed E-state index contributed by atoms with van der Waals surface area (Å²) in [6.45, 7) is 9.99. The monoisotopic (exact) mass is 171 g/mol. The van der Waals surface area contributed by atoms with Crippen LogP contribution in [-0.4, -0.2) is 6.54 Å². The zero-order chi connectivity index (χ0) is 9.56. The van der Waals surface area contributed by atoms with Crippen molar-refractivity contribution < 1.29 is 0 Å². The van der Waals surface area contributed by atoms with Crippen molar-refractivity contribution in [3.63, 3.8) is 0 Å². The van der Waals surface area contributed by atoms with Crippen LogP contribution in [0.5, 0.6) is 0 Å². The van der Waals surface area contributed by atoms with Crippen molar-refractivity contribution in [3.05, 3.63) is 0 Å². The molecule has 0 fully saturated rings. The number of hydrogen-bond acceptors (Lipinski definition) is 1. The normalized spacial score (nSPS) is 16.5. The number of rotatable bonds is 6. The second kappa shape index (κ2) is 6.47. The van der Waals surface area contributed by atoms with Crippen molar-refractivity contribution in [2.45, 2.75) is 47.0 Å². The van der Waals surface area contributed by atoms with Crippen LogP contribution in [0.4, 0.5) is 0 Å². The molecule has 0 saturated heterocycles. The van der Waals surface area contributed by atoms with Gasteiger partial charge in [-0.25, -0.2) is 0 Å². The van der Waals surface area contributed by atoms with Gasteiger partial charge in [0.2, 0.25) is 0 Å². The maximum atomic E-state index is 5.61. The molecule has 2 N–H and O–H groups in total. The highest BCUT2D eigenvalue weighted by atomic mass is 14.5. The maximum absolute atomic E-state index is 5.61. The summed E-state index contributed by atoms with van der Waals surface area (Å²) in [6.07, 6.45) is 3.98. The predicted molar refractivity (Wildman–Crippen MR) is 56.1 cm³/mol. The van der Waals surface area contributed by atoms with Crippen LogP contribution in [0, 0.1) is 17.8 Å². The van der Waals surface area contributed by atoms with Gasteiger partial charge in [0, 0.05) is 0 Å². The summed E-state index contributed by atoms with van der Waals surface area (Å²) < 4.78 is 0. The lowest BCUT2D eigenvalue weighted by molar-refractivity contribution is 0.327. The van der Waals surface area contributed by atoms with Crippen LogP contribution >= 0.6 is 0 Å². The molecule has 1 nitrogen and oxygen atoms in total. The minimum Gasteiger partial charge on any atom is -0.330 e. The molecule has 0 rings (SSSR count). The Labute approximate surface area is 77.7 Å². The van der Waals surface area contributed by atoms with Gasteiger partial charge in [0.1, 0.15) is 0 Å². The smallest absolute Gasteiger partial charge is 0.00514 e. The summed E-state index contributed by atoms with van der Waals surface area (Å²) in [5, 5.41) is 0. The standard InChI is InChI=1S/C11H25N/c1-5-11(6-9(2)3)7-10(4)8-12/h9-11H,5-8,12H2,1-4H3. The van der Waals surface area contributed by atoms with Crippen LogP contribution in [0.25, 0.3) is 0 Å². The van der Waals surface area contributed by atoms with Gasteiger partial charge in [-0.05, 0) is 37.1 Å². The first-order chi connectivity index (χ1) is 5.60. The first kappa shape index (κ1) is 12.0. The lowest BCUT2D eigenvalue weighted by atomic mass is 9.87. The third-order valence-electron chi connectivity index (χ3n) is 2.52. The lowest BCUT2D eigenvalue weighted by Gasteiger charge is -2.20. The Morgan fingerprint density at radius 2 is 1.67 bits per heavy atom. The second-order valence-electron chi connectivity index (χ2n) is 4.48. The fourth-order valence-corrected chi connectivity index (χ4v) is 1.76. The average Bonchev–Trinajstić information content (AvgIpc) is 2.02. The maximum Gasteiger partial charge on any atom is -0.00514 e. The molecular weight excluding hydrogens is 146 g/mol. The van der Waals surface area contributed by atoms with Crippen LogP contribution in [0.3, 0.4) is 0 Å². The highest BCUT2D eigenvalue weighted by molar-refractivity contribution is 4.64. The fourth-order valence-electron chi connectivity index (χ4n) is 1.76. The Bertz CT molecular complexity index is 99.2. The number of nitrogens with two attached hydrogens (primary N) is 1. The van der Waals surface area contributed by atoms with E-state index >= 15 is 0 Å². The van der Waals surface area contributed by atoms with E-state index in [0.29, 0.717) is 5.92 Å². The largest absolute Gasteiger partial charge is 0.330 e. The number of hydrogen-bond donors (Lipinski definition) is 1. The topological polar surface area (TPSA) is 26.0 Å². The van der Waals surface area contributed by atoms with Gasteiger partial charge in [-0.2, -0.15) is 0 Å². The summed E-state index contributed by atoms with van der Waals surface area (Å²) >= 11 is 0. The summed E-state index contributed by atoms with van der Waals surface area (Å²) in [5.74, 6) is 2.43. The summed E-state index contributed by atoms with van der Waals surface area (Å²) in [6, 6.07) is 0. The molecule has 0 amide bonds. The molecule has 0 saturated carbocycles. The van der Waals surface area contributed by atoms with Crippen molar-refractivity contribution in [2.75, 3.05) is 6.54 Å². The van der Waals surface area contributed by atoms with Crippen LogP contribution in [0.2, 0.25) is 0 Å². The van der Waals surface area contributed by atoms with Gasteiger partial charge in [-0.3, -0.25) is 0 Å². The van der Waals surface area contributed by atoms with Crippen molar-refractivity contribution in [2.24, 2.45) is 23.5 Å². The second-order valence-corrected chi connectivity index (χ2v) is 4.48. The quantitative estimate of drug-likeness (QED) is 0.653. The van der Waals surface area contributed by atoms with E-state index in [2.05, 4.69) is 27.7 Å². The molecule has 0 heterocycles. The van der Waals surface area contributed by atoms with Gasteiger partial charge in [0.05, 0.1) is 0 Å². The summed E-state index contributed by atoms with van der Waals surface area (Å²) in [4.78, 5) is 0. The molecule has 1 heteroatoms. The highest BCUT2D eigenvalue weighted by Gasteiger charge is 2.11. The minimum absolute atomic E-state index is 0.702. The molecule has 2 unspecified atom stereocenters. The van der Waals surface area contributed by atoms with E-state index in [-0.39, 0.29) is 0 Å². The Balaban J connectivity index is 3.66. The van der Waals surface area contributed by atoms with E-state index in [1.807, 2.05) is 0 Å². The Kier molecular flexibility index (Phi) is 6.45. The van der Waals surface area contributed by atoms with Crippen molar-refractivity contribution in [1.29, 1.82) is 0 Å². The molecule has 2 atom stereocenters. The molecule has 0 radical (unpaired) electrons. The highest BCUT2D eigenvalue weighted by Crippen LogP contribution is 2.22. The van der Waals surface area contributed by atoms with Crippen LogP contribution < -0.4 is 5.73 Å². The van der Waals surface area contributed by atoms with E-state index in [1.54, 1.807) is 0 Å². The molecule has 0 aliphatic rings. The van der Waals surface area contributed by atoms with Crippen molar-refractivity contribution in [1.82, 2.24) is 0 Å². The molecule has 74 valence electrons. The first-order valence-electron chi connectivity index (χ1n) is 5.30. The van der Waals surface area contributed by atoms with Gasteiger partial charge in [-0.15, -0.1) is 0 Å². The van der Waals surface area contributed by atoms with Crippen LogP contribution in [0.15, 0.2) is 0 Å². The van der Waals surface area contributed by atoms with Crippen LogP contribution in [0.1, 0.15) is 47.0 Å². The SMILES string of the molecule is CCC(CC(C)C)CC(C)CN. The van der Waals surface area contributed by atoms with Gasteiger partial charge in [-0.1, -0.05) is 34.1 Å². The minimum atomic E-state index is 0.702. The zero-order valence-corrected chi connectivity index (χ0v) is 9.14. The summed E-state index contributed by atoms with van der Waals surface area (Å²) in [5.41, 5.74) is 5.61. The van der Waals surface area contributed by atoms with E-state index in [1.165, 1.54) is 19.3 Å². The molecular formula is C11H25N. The van der Waals surface area contributed by atoms with Gasteiger partial charge in [0.25, 0.3) is 0 Å². The molecule has 0 aliphatic carbocycles. The van der Waals surface area contributed by atoms with Gasteiger partial charge >= 0.3 is 0 Å². The third-order valence-corrected chi connectivity index (χ3v) is 2.52. The van der Waals surface area contributed by atoms with Crippen LogP contribution in [-0.2, 0) is 0 Å². The Hall–Kier alpha value is -0.0400. The first-order valence-corrected chi connectivity index (χ1v) is 5.30. The van der Waals surface area contributed by atoms with Crippen molar-refractivity contribution >= 4 is 0 Å². The predicted octanol–water partition coefficient (Wildman–Crippen LogP) is 3.04. The van der Waals surface area contributed by atoms with E-state index in [0.717, 1.165) is 18.4 Å². The third kappa shape index (κ3) is 5.59. The fraction of sp³-hybridized carbons (Fsp3) is 1.00. The Morgan fingerprint density at radius 1 is 1.08 bits per heavy atom. The van der Waals surface area contributed by atoms with Gasteiger partial charge in [0.15, 0.2) is 0 Å². The molecule has 0 aromatic rings. The Morgan fingerprint density at radius 3 is 2.00 bits per heavy atom. The molecule has 0 spiro atoms. The van der Waals surface area contributed by atoms with E-state index in [4.69, 9.17) is 5.73 Å². The zero-order valence-electron chi connectivity index (χ0n) is 9.14. The molecule has 0 bridgehead atoms. The van der Waals surface area contributed by atoms with Crippen molar-refractivity contribution in [3.8, 4) is 0 Å². The lowest BCUT2D eigenvalue weighted by Crippen LogP contribution is -2.16. The van der Waals surface area contributed by atoms with E-state index in [9.17, 15) is 0 Å². The molecule has 0 aromatic carbocycles. The average molecular weight is 171 g/mol. The molecule has 0 aliphatic heterocycles. The molecule has 0 aromatic heterocycles.